The van der Waals surface area contributed by atoms with E-state index in [4.69, 9.17) is 29.4 Å². The Morgan fingerprint density at radius 3 is 0.455 bits per heavy atom. The Hall–Kier alpha value is 6.78. The van der Waals surface area contributed by atoms with Gasteiger partial charge in [-0.05, 0) is 0 Å². The summed E-state index contributed by atoms with van der Waals surface area (Å²) in [5.41, 5.74) is 0. The SMILES string of the molecule is O=P([O-])([O-])OP(=O)(O)O.O=P([O-])([O-])OP(=O)(O)O.O=P([O-])([O-])OP(=O)(O)O.[Na+].[Na+].[Na+].[Na+].[Na+].[Na+]. The minimum Gasteiger partial charge on any atom is -0.789 e. The first-order valence-electron chi connectivity index (χ1n) is 4.49. The quantitative estimate of drug-likeness (QED) is 0.113. The molecule has 0 aromatic rings. The second kappa shape index (κ2) is 26.4. The van der Waals surface area contributed by atoms with Crippen LogP contribution >= 0.6 is 46.9 Å². The fraction of sp³-hybridized carbons (Fsp3) is 0. The molecule has 0 fully saturated rings. The van der Waals surface area contributed by atoms with E-state index in [0.29, 0.717) is 0 Å². The molecule has 0 aromatic heterocycles. The molecule has 0 unspecified atom stereocenters. The van der Waals surface area contributed by atoms with E-state index in [2.05, 4.69) is 12.9 Å². The van der Waals surface area contributed by atoms with Crippen LogP contribution in [-0.2, 0) is 40.3 Å². The molecule has 6 N–H and O–H groups in total. The summed E-state index contributed by atoms with van der Waals surface area (Å²) in [6.45, 7) is 0. The zero-order valence-corrected chi connectivity index (χ0v) is 34.9. The van der Waals surface area contributed by atoms with Gasteiger partial charge in [0, 0.05) is 0 Å². The molecule has 0 aliphatic heterocycles. The van der Waals surface area contributed by atoms with Gasteiger partial charge in [-0.2, -0.15) is 0 Å². The van der Waals surface area contributed by atoms with Crippen molar-refractivity contribution in [3.63, 3.8) is 0 Å². The molecule has 33 heteroatoms. The molecular weight excluding hydrogens is 660 g/mol. The van der Waals surface area contributed by atoms with Crippen molar-refractivity contribution in [3.8, 4) is 0 Å². The van der Waals surface area contributed by atoms with Crippen LogP contribution in [0.4, 0.5) is 0 Å². The average Bonchev–Trinajstić information content (AvgIpc) is 1.96. The fourth-order valence-electron chi connectivity index (χ4n) is 0.391. The zero-order valence-electron chi connectivity index (χ0n) is 17.5. The second-order valence-electron chi connectivity index (χ2n) is 3.06. The molecule has 0 heterocycles. The van der Waals surface area contributed by atoms with E-state index in [-0.39, 0.29) is 177 Å². The summed E-state index contributed by atoms with van der Waals surface area (Å²) in [7, 11) is -32.2. The van der Waals surface area contributed by atoms with Gasteiger partial charge in [-0.25, -0.2) is 13.7 Å². The van der Waals surface area contributed by atoms with E-state index in [0.717, 1.165) is 0 Å². The van der Waals surface area contributed by atoms with E-state index in [1.54, 1.807) is 0 Å². The van der Waals surface area contributed by atoms with Crippen LogP contribution in [0.25, 0.3) is 0 Å². The molecular formula is H6Na6O21P6. The van der Waals surface area contributed by atoms with Gasteiger partial charge in [-0.15, -0.1) is 0 Å². The van der Waals surface area contributed by atoms with E-state index >= 15 is 0 Å². The Morgan fingerprint density at radius 2 is 0.455 bits per heavy atom. The van der Waals surface area contributed by atoms with E-state index in [1.807, 2.05) is 0 Å². The maximum absolute atomic E-state index is 9.55. The summed E-state index contributed by atoms with van der Waals surface area (Å²) in [5.74, 6) is 0. The zero-order chi connectivity index (χ0) is 23.1. The summed E-state index contributed by atoms with van der Waals surface area (Å²) < 4.78 is 65.1. The van der Waals surface area contributed by atoms with Crippen molar-refractivity contribution in [2.24, 2.45) is 0 Å². The Morgan fingerprint density at radius 1 is 0.364 bits per heavy atom. The van der Waals surface area contributed by atoms with Crippen LogP contribution in [0.5, 0.6) is 0 Å². The van der Waals surface area contributed by atoms with E-state index < -0.39 is 46.9 Å². The smallest absolute Gasteiger partial charge is 0.789 e. The van der Waals surface area contributed by atoms with Crippen LogP contribution < -0.4 is 207 Å². The second-order valence-corrected chi connectivity index (χ2v) is 10.6. The summed E-state index contributed by atoms with van der Waals surface area (Å²) in [5, 5.41) is 0. The van der Waals surface area contributed by atoms with Gasteiger partial charge in [0.15, 0.2) is 0 Å². The van der Waals surface area contributed by atoms with Crippen molar-refractivity contribution in [3.05, 3.63) is 0 Å². The standard InChI is InChI=1S/6Na.3H4O7P2/c;;;;;;3*1-8(2,3)7-9(4,5)6/h;;;;;;3*(H2,1,2,3)(H2,4,5,6)/q6*+1;;;/p-6. The van der Waals surface area contributed by atoms with Gasteiger partial charge in [-0.3, -0.25) is 12.9 Å². The summed E-state index contributed by atoms with van der Waals surface area (Å²) >= 11 is 0. The van der Waals surface area contributed by atoms with Crippen molar-refractivity contribution in [2.75, 3.05) is 0 Å². The molecule has 0 atom stereocenters. The number of hydrogen-bond acceptors (Lipinski definition) is 15. The molecule has 0 saturated carbocycles. The Kier molecular flexibility index (Phi) is 50.5. The van der Waals surface area contributed by atoms with Gasteiger partial charge >= 0.3 is 201 Å². The molecule has 21 nitrogen and oxygen atoms in total. The Labute approximate surface area is 317 Å². The van der Waals surface area contributed by atoms with E-state index in [9.17, 15) is 56.8 Å². The van der Waals surface area contributed by atoms with Gasteiger partial charge in [0.2, 0.25) is 0 Å². The number of rotatable bonds is 6. The molecule has 0 bridgehead atoms. The minimum atomic E-state index is -5.55. The summed E-state index contributed by atoms with van der Waals surface area (Å²) in [6.07, 6.45) is 0. The summed E-state index contributed by atoms with van der Waals surface area (Å²) in [4.78, 5) is 102. The Bertz CT molecular complexity index is 564. The fourth-order valence-corrected chi connectivity index (χ4v) is 3.52. The monoisotopic (exact) mass is 666 g/mol. The van der Waals surface area contributed by atoms with Gasteiger partial charge in [0.05, 0.1) is 23.5 Å². The van der Waals surface area contributed by atoms with Crippen LogP contribution in [0.2, 0.25) is 0 Å². The van der Waals surface area contributed by atoms with Crippen molar-refractivity contribution in [2.45, 2.75) is 0 Å². The Balaban J connectivity index is -0.0000000343. The average molecular weight is 666 g/mol. The first-order valence-corrected chi connectivity index (χ1v) is 13.5. The van der Waals surface area contributed by atoms with Crippen LogP contribution in [0, 0.1) is 0 Å². The maximum atomic E-state index is 9.55. The van der Waals surface area contributed by atoms with Crippen LogP contribution in [-0.4, -0.2) is 29.4 Å². The first-order chi connectivity index (χ1) is 11.1. The number of phosphoric acid groups is 6. The van der Waals surface area contributed by atoms with Crippen LogP contribution in [0.1, 0.15) is 0 Å². The third kappa shape index (κ3) is 85.4. The topological polar surface area (TPSA) is 390 Å². The predicted molar refractivity (Wildman–Crippen MR) is 62.2 cm³/mol. The maximum Gasteiger partial charge on any atom is 1.00 e. The molecule has 0 aromatic carbocycles. The normalized spacial score (nSPS) is 11.3. The minimum absolute atomic E-state index is 0. The molecule has 0 spiro atoms. The van der Waals surface area contributed by atoms with Crippen molar-refractivity contribution < 1.29 is 276 Å². The van der Waals surface area contributed by atoms with Gasteiger partial charge in [0.25, 0.3) is 0 Å². The molecule has 0 aliphatic rings. The van der Waals surface area contributed by atoms with Gasteiger partial charge < -0.3 is 72.4 Å². The molecule has 33 heavy (non-hydrogen) atoms. The molecule has 0 radical (unpaired) electrons. The first kappa shape index (κ1) is 63.1. The number of hydrogen-bond donors (Lipinski definition) is 6. The van der Waals surface area contributed by atoms with Gasteiger partial charge in [0.1, 0.15) is 0 Å². The molecule has 0 rings (SSSR count). The van der Waals surface area contributed by atoms with Crippen molar-refractivity contribution in [1.29, 1.82) is 0 Å². The molecule has 0 amide bonds. The van der Waals surface area contributed by atoms with Gasteiger partial charge in [-0.1, -0.05) is 0 Å². The molecule has 0 saturated heterocycles. The van der Waals surface area contributed by atoms with Crippen molar-refractivity contribution in [1.82, 2.24) is 0 Å². The summed E-state index contributed by atoms with van der Waals surface area (Å²) in [6, 6.07) is 0. The largest absolute Gasteiger partial charge is 1.00 e. The third-order valence-corrected chi connectivity index (χ3v) is 5.57. The predicted octanol–water partition coefficient (Wildman–Crippen LogP) is -24.2. The molecule has 168 valence electrons. The molecule has 0 aliphatic carbocycles. The van der Waals surface area contributed by atoms with Crippen LogP contribution in [0.15, 0.2) is 0 Å². The van der Waals surface area contributed by atoms with Crippen molar-refractivity contribution >= 4 is 46.9 Å². The van der Waals surface area contributed by atoms with E-state index in [1.165, 1.54) is 0 Å². The van der Waals surface area contributed by atoms with Crippen LogP contribution in [0.3, 0.4) is 0 Å². The third-order valence-electron chi connectivity index (χ3n) is 0.619.